The number of hydrogen-bond acceptors (Lipinski definition) is 5. The lowest BCUT2D eigenvalue weighted by molar-refractivity contribution is -0.276. The van der Waals surface area contributed by atoms with E-state index in [1.54, 1.807) is 6.20 Å². The molecule has 1 aliphatic heterocycles. The summed E-state index contributed by atoms with van der Waals surface area (Å²) in [7, 11) is 0. The van der Waals surface area contributed by atoms with Gasteiger partial charge in [0.25, 0.3) is 5.91 Å². The van der Waals surface area contributed by atoms with Gasteiger partial charge in [0, 0.05) is 47.7 Å². The fourth-order valence-corrected chi connectivity index (χ4v) is 3.75. The van der Waals surface area contributed by atoms with Crippen molar-refractivity contribution >= 4 is 5.91 Å². The number of ether oxygens (including phenoxy) is 1. The highest BCUT2D eigenvalue weighted by Crippen LogP contribution is 2.40. The monoisotopic (exact) mass is 429 g/mol. The highest BCUT2D eigenvalue weighted by Gasteiger charge is 2.32. The Kier molecular flexibility index (Phi) is 4.64. The summed E-state index contributed by atoms with van der Waals surface area (Å²) >= 11 is 0. The van der Waals surface area contributed by atoms with E-state index in [1.807, 2.05) is 16.8 Å². The van der Waals surface area contributed by atoms with Crippen LogP contribution in [0, 0.1) is 0 Å². The zero-order valence-corrected chi connectivity index (χ0v) is 16.3. The summed E-state index contributed by atoms with van der Waals surface area (Å²) in [6, 6.07) is 7.93. The van der Waals surface area contributed by atoms with Crippen LogP contribution in [0.1, 0.15) is 53.0 Å². The quantitative estimate of drug-likeness (QED) is 0.663. The van der Waals surface area contributed by atoms with Gasteiger partial charge in [-0.3, -0.25) is 14.5 Å². The van der Waals surface area contributed by atoms with Crippen LogP contribution < -0.4 is 10.1 Å². The number of pyridine rings is 2. The average molecular weight is 429 g/mol. The van der Waals surface area contributed by atoms with Crippen molar-refractivity contribution in [2.75, 3.05) is 0 Å². The first-order valence-electron chi connectivity index (χ1n) is 9.92. The lowest BCUT2D eigenvalue weighted by atomic mass is 10.1. The summed E-state index contributed by atoms with van der Waals surface area (Å²) in [5.41, 5.74) is 3.75. The van der Waals surface area contributed by atoms with Gasteiger partial charge < -0.3 is 10.1 Å². The molecule has 0 spiro atoms. The van der Waals surface area contributed by atoms with Crippen molar-refractivity contribution in [2.45, 2.75) is 44.1 Å². The van der Waals surface area contributed by atoms with E-state index >= 15 is 0 Å². The van der Waals surface area contributed by atoms with Gasteiger partial charge in [0.05, 0.1) is 17.4 Å². The molecule has 31 heavy (non-hydrogen) atoms. The number of carbonyl (C=O) groups is 1. The van der Waals surface area contributed by atoms with E-state index in [-0.39, 0.29) is 11.6 Å². The van der Waals surface area contributed by atoms with Gasteiger partial charge >= 0.3 is 6.36 Å². The number of halogens is 3. The molecule has 0 aromatic carbocycles. The maximum absolute atomic E-state index is 12.6. The van der Waals surface area contributed by atoms with Crippen molar-refractivity contribution < 1.29 is 22.7 Å². The maximum atomic E-state index is 12.6. The third-order valence-electron chi connectivity index (χ3n) is 5.39. The molecule has 1 fully saturated rings. The van der Waals surface area contributed by atoms with Crippen LogP contribution in [0.5, 0.6) is 5.88 Å². The molecule has 160 valence electrons. The number of rotatable bonds is 5. The van der Waals surface area contributed by atoms with Crippen molar-refractivity contribution in [3.63, 3.8) is 0 Å². The minimum Gasteiger partial charge on any atom is -0.388 e. The Morgan fingerprint density at radius 3 is 2.68 bits per heavy atom. The molecule has 10 heteroatoms. The summed E-state index contributed by atoms with van der Waals surface area (Å²) < 4.78 is 42.9. The Morgan fingerprint density at radius 1 is 1.10 bits per heavy atom. The second-order valence-electron chi connectivity index (χ2n) is 7.67. The second kappa shape index (κ2) is 7.36. The third-order valence-corrected chi connectivity index (χ3v) is 5.39. The van der Waals surface area contributed by atoms with Crippen molar-refractivity contribution in [2.24, 2.45) is 0 Å². The zero-order valence-electron chi connectivity index (χ0n) is 16.3. The Bertz CT molecular complexity index is 1140. The SMILES string of the molecule is O=C(NC1CCn2nc(-c3ccnc(C4CC4)c3)cc21)c1ccnc(OC(F)(F)F)c1. The fourth-order valence-electron chi connectivity index (χ4n) is 3.75. The van der Waals surface area contributed by atoms with Crippen LogP contribution in [-0.2, 0) is 6.54 Å². The molecule has 0 bridgehead atoms. The van der Waals surface area contributed by atoms with Gasteiger partial charge in [-0.05, 0) is 43.5 Å². The molecule has 5 rings (SSSR count). The summed E-state index contributed by atoms with van der Waals surface area (Å²) in [5.74, 6) is -0.647. The molecule has 3 aromatic rings. The standard InChI is InChI=1S/C21H18F3N5O2/c22-21(23,24)31-19-10-14(4-7-26-19)20(30)27-15-5-8-29-18(15)11-17(28-29)13-3-6-25-16(9-13)12-1-2-12/h3-4,6-7,9-12,15H,1-2,5,8H2,(H,27,30). The van der Waals surface area contributed by atoms with Crippen molar-refractivity contribution in [3.05, 3.63) is 59.7 Å². The van der Waals surface area contributed by atoms with Crippen LogP contribution in [0.2, 0.25) is 0 Å². The summed E-state index contributed by atoms with van der Waals surface area (Å²) in [6.45, 7) is 0.639. The molecule has 3 aromatic heterocycles. The normalized spacial score (nSPS) is 18.0. The van der Waals surface area contributed by atoms with Crippen molar-refractivity contribution in [1.29, 1.82) is 0 Å². The molecule has 2 aliphatic rings. The lowest BCUT2D eigenvalue weighted by Gasteiger charge is -2.13. The summed E-state index contributed by atoms with van der Waals surface area (Å²) in [5, 5.41) is 7.52. The predicted molar refractivity (Wildman–Crippen MR) is 103 cm³/mol. The number of amides is 1. The molecule has 1 unspecified atom stereocenters. The highest BCUT2D eigenvalue weighted by atomic mass is 19.4. The van der Waals surface area contributed by atoms with E-state index in [9.17, 15) is 18.0 Å². The molecule has 1 aliphatic carbocycles. The molecule has 4 heterocycles. The summed E-state index contributed by atoms with van der Waals surface area (Å²) in [4.78, 5) is 20.5. The first kappa shape index (κ1) is 19.5. The van der Waals surface area contributed by atoms with Crippen LogP contribution in [-0.4, -0.2) is 32.0 Å². The number of fused-ring (bicyclic) bond motifs is 1. The van der Waals surface area contributed by atoms with E-state index in [1.165, 1.54) is 6.07 Å². The molecule has 1 saturated carbocycles. The minimum absolute atomic E-state index is 0.0376. The number of alkyl halides is 3. The van der Waals surface area contributed by atoms with Gasteiger partial charge in [0.15, 0.2) is 0 Å². The van der Waals surface area contributed by atoms with Crippen LogP contribution in [0.3, 0.4) is 0 Å². The number of aromatic nitrogens is 4. The Balaban J connectivity index is 1.32. The average Bonchev–Trinajstić information content (AvgIpc) is 3.39. The van der Waals surface area contributed by atoms with Gasteiger partial charge in [-0.1, -0.05) is 0 Å². The third kappa shape index (κ3) is 4.23. The number of nitrogens with zero attached hydrogens (tertiary/aromatic N) is 4. The Morgan fingerprint density at radius 2 is 1.90 bits per heavy atom. The molecule has 0 saturated heterocycles. The molecule has 1 N–H and O–H groups in total. The minimum atomic E-state index is -4.87. The topological polar surface area (TPSA) is 81.9 Å². The van der Waals surface area contributed by atoms with E-state index in [0.29, 0.717) is 18.9 Å². The molecule has 0 radical (unpaired) electrons. The van der Waals surface area contributed by atoms with Gasteiger partial charge in [-0.15, -0.1) is 13.2 Å². The van der Waals surface area contributed by atoms with E-state index in [2.05, 4.69) is 31.2 Å². The number of carbonyl (C=O) groups excluding carboxylic acids is 1. The van der Waals surface area contributed by atoms with Crippen LogP contribution in [0.25, 0.3) is 11.3 Å². The predicted octanol–water partition coefficient (Wildman–Crippen LogP) is 3.99. The number of aryl methyl sites for hydroxylation is 1. The van der Waals surface area contributed by atoms with E-state index in [0.717, 1.165) is 47.8 Å². The Labute approximate surface area is 175 Å². The van der Waals surface area contributed by atoms with E-state index in [4.69, 9.17) is 0 Å². The largest absolute Gasteiger partial charge is 0.574 e. The van der Waals surface area contributed by atoms with Gasteiger partial charge in [0.1, 0.15) is 0 Å². The maximum Gasteiger partial charge on any atom is 0.574 e. The van der Waals surface area contributed by atoms with Crippen molar-refractivity contribution in [1.82, 2.24) is 25.1 Å². The van der Waals surface area contributed by atoms with Crippen LogP contribution in [0.15, 0.2) is 42.7 Å². The van der Waals surface area contributed by atoms with Gasteiger partial charge in [-0.2, -0.15) is 5.10 Å². The number of nitrogens with one attached hydrogen (secondary N) is 1. The second-order valence-corrected chi connectivity index (χ2v) is 7.67. The summed E-state index contributed by atoms with van der Waals surface area (Å²) in [6.07, 6.45) is 0.992. The van der Waals surface area contributed by atoms with E-state index < -0.39 is 18.1 Å². The lowest BCUT2D eigenvalue weighted by Crippen LogP contribution is -2.27. The van der Waals surface area contributed by atoms with Gasteiger partial charge in [-0.25, -0.2) is 4.98 Å². The fraction of sp³-hybridized carbons (Fsp3) is 0.333. The molecular weight excluding hydrogens is 411 g/mol. The molecule has 1 amide bonds. The first-order valence-corrected chi connectivity index (χ1v) is 9.92. The Hall–Kier alpha value is -3.43. The van der Waals surface area contributed by atoms with Crippen LogP contribution >= 0.6 is 0 Å². The number of hydrogen-bond donors (Lipinski definition) is 1. The molecular formula is C21H18F3N5O2. The van der Waals surface area contributed by atoms with Crippen LogP contribution in [0.4, 0.5) is 13.2 Å². The molecule has 7 nitrogen and oxygen atoms in total. The van der Waals surface area contributed by atoms with Gasteiger partial charge in [0.2, 0.25) is 5.88 Å². The zero-order chi connectivity index (χ0) is 21.6. The smallest absolute Gasteiger partial charge is 0.388 e. The van der Waals surface area contributed by atoms with Crippen molar-refractivity contribution in [3.8, 4) is 17.1 Å². The highest BCUT2D eigenvalue weighted by molar-refractivity contribution is 5.94. The first-order chi connectivity index (χ1) is 14.9. The molecule has 1 atom stereocenters.